The summed E-state index contributed by atoms with van der Waals surface area (Å²) < 4.78 is 18.7. The van der Waals surface area contributed by atoms with Gasteiger partial charge in [-0.1, -0.05) is 0 Å². The van der Waals surface area contributed by atoms with Crippen molar-refractivity contribution in [2.45, 2.75) is 18.9 Å². The molecule has 7 heteroatoms. The van der Waals surface area contributed by atoms with Crippen LogP contribution in [0.25, 0.3) is 22.6 Å². The summed E-state index contributed by atoms with van der Waals surface area (Å²) in [7, 11) is 0. The van der Waals surface area contributed by atoms with Gasteiger partial charge in [-0.25, -0.2) is 9.37 Å². The third kappa shape index (κ3) is 3.08. The molecule has 1 unspecified atom stereocenters. The number of nitrogens with zero attached hydrogens (tertiary/aromatic N) is 1. The highest BCUT2D eigenvalue weighted by atomic mass is 19.1. The summed E-state index contributed by atoms with van der Waals surface area (Å²) >= 11 is 0. The standard InChI is InChI=1S/C18H14FN3O3/c19-11-3-1-10(2-4-11)18-22-13-6-5-12(9-15(13)25-18)20-17(24)14-7-8-16(23)21-14/h1-6,9,14H,7-8H2,(H,20,24)(H,21,23). The van der Waals surface area contributed by atoms with Gasteiger partial charge in [0.2, 0.25) is 17.7 Å². The normalized spacial score (nSPS) is 16.8. The Labute approximate surface area is 142 Å². The third-order valence-corrected chi connectivity index (χ3v) is 4.06. The topological polar surface area (TPSA) is 84.2 Å². The SMILES string of the molecule is O=C1CCC(C(=O)Nc2ccc3nc(-c4ccc(F)cc4)oc3c2)N1. The summed E-state index contributed by atoms with van der Waals surface area (Å²) in [4.78, 5) is 27.7. The van der Waals surface area contributed by atoms with Gasteiger partial charge >= 0.3 is 0 Å². The second kappa shape index (κ2) is 6.01. The minimum atomic E-state index is -0.507. The fraction of sp³-hybridized carbons (Fsp3) is 0.167. The van der Waals surface area contributed by atoms with E-state index in [0.717, 1.165) is 0 Å². The van der Waals surface area contributed by atoms with E-state index in [1.165, 1.54) is 12.1 Å². The second-order valence-corrected chi connectivity index (χ2v) is 5.86. The maximum Gasteiger partial charge on any atom is 0.246 e. The average Bonchev–Trinajstić information content (AvgIpc) is 3.21. The molecule has 1 aliphatic rings. The monoisotopic (exact) mass is 339 g/mol. The molecule has 0 spiro atoms. The second-order valence-electron chi connectivity index (χ2n) is 5.86. The number of hydrogen-bond acceptors (Lipinski definition) is 4. The van der Waals surface area contributed by atoms with Crippen molar-refractivity contribution in [3.63, 3.8) is 0 Å². The fourth-order valence-electron chi connectivity index (χ4n) is 2.76. The Morgan fingerprint density at radius 1 is 1.24 bits per heavy atom. The number of hydrogen-bond donors (Lipinski definition) is 2. The van der Waals surface area contributed by atoms with Crippen LogP contribution in [-0.2, 0) is 9.59 Å². The summed E-state index contributed by atoms with van der Waals surface area (Å²) in [5, 5.41) is 5.39. The molecule has 1 aromatic heterocycles. The van der Waals surface area contributed by atoms with Crippen LogP contribution in [0.15, 0.2) is 46.9 Å². The zero-order valence-electron chi connectivity index (χ0n) is 13.1. The molecule has 25 heavy (non-hydrogen) atoms. The maximum atomic E-state index is 13.0. The molecule has 2 aromatic carbocycles. The number of aromatic nitrogens is 1. The van der Waals surface area contributed by atoms with Crippen LogP contribution in [-0.4, -0.2) is 22.8 Å². The molecule has 2 N–H and O–H groups in total. The molecule has 1 saturated heterocycles. The summed E-state index contributed by atoms with van der Waals surface area (Å²) in [5.41, 5.74) is 2.36. The molecule has 0 radical (unpaired) electrons. The van der Waals surface area contributed by atoms with Gasteiger partial charge in [0.1, 0.15) is 17.4 Å². The highest BCUT2D eigenvalue weighted by Crippen LogP contribution is 2.26. The lowest BCUT2D eigenvalue weighted by Gasteiger charge is -2.10. The van der Waals surface area contributed by atoms with Gasteiger partial charge in [-0.15, -0.1) is 0 Å². The minimum Gasteiger partial charge on any atom is -0.436 e. The smallest absolute Gasteiger partial charge is 0.246 e. The van der Waals surface area contributed by atoms with Gasteiger partial charge < -0.3 is 15.1 Å². The molecule has 1 aliphatic heterocycles. The molecular formula is C18H14FN3O3. The first-order valence-electron chi connectivity index (χ1n) is 7.85. The van der Waals surface area contributed by atoms with Crippen LogP contribution in [0.3, 0.4) is 0 Å². The number of halogens is 1. The van der Waals surface area contributed by atoms with E-state index in [4.69, 9.17) is 4.42 Å². The van der Waals surface area contributed by atoms with E-state index >= 15 is 0 Å². The number of carbonyl (C=O) groups excluding carboxylic acids is 2. The number of anilines is 1. The van der Waals surface area contributed by atoms with Crippen molar-refractivity contribution in [2.75, 3.05) is 5.32 Å². The number of carbonyl (C=O) groups is 2. The molecule has 1 fully saturated rings. The highest BCUT2D eigenvalue weighted by molar-refractivity contribution is 5.99. The lowest BCUT2D eigenvalue weighted by atomic mass is 10.2. The Morgan fingerprint density at radius 3 is 2.76 bits per heavy atom. The zero-order chi connectivity index (χ0) is 17.4. The Kier molecular flexibility index (Phi) is 3.68. The van der Waals surface area contributed by atoms with Gasteiger partial charge in [0.15, 0.2) is 5.58 Å². The number of rotatable bonds is 3. The number of nitrogens with one attached hydrogen (secondary N) is 2. The lowest BCUT2D eigenvalue weighted by Crippen LogP contribution is -2.37. The van der Waals surface area contributed by atoms with Crippen molar-refractivity contribution in [3.8, 4) is 11.5 Å². The third-order valence-electron chi connectivity index (χ3n) is 4.06. The largest absolute Gasteiger partial charge is 0.436 e. The van der Waals surface area contributed by atoms with Crippen molar-refractivity contribution in [1.82, 2.24) is 10.3 Å². The molecule has 126 valence electrons. The van der Waals surface area contributed by atoms with Crippen LogP contribution in [0.5, 0.6) is 0 Å². The molecule has 0 bridgehead atoms. The number of amides is 2. The predicted octanol–water partition coefficient (Wildman–Crippen LogP) is 2.85. The van der Waals surface area contributed by atoms with Gasteiger partial charge in [-0.05, 0) is 42.8 Å². The molecule has 0 saturated carbocycles. The summed E-state index contributed by atoms with van der Waals surface area (Å²) in [6.07, 6.45) is 0.851. The van der Waals surface area contributed by atoms with Crippen molar-refractivity contribution in [1.29, 1.82) is 0 Å². The molecule has 6 nitrogen and oxygen atoms in total. The Morgan fingerprint density at radius 2 is 2.04 bits per heavy atom. The van der Waals surface area contributed by atoms with E-state index in [0.29, 0.717) is 41.1 Å². The van der Waals surface area contributed by atoms with Gasteiger partial charge in [0, 0.05) is 23.7 Å². The summed E-state index contributed by atoms with van der Waals surface area (Å²) in [5.74, 6) is -0.330. The Balaban J connectivity index is 1.57. The van der Waals surface area contributed by atoms with Gasteiger partial charge in [0.25, 0.3) is 0 Å². The molecular weight excluding hydrogens is 325 g/mol. The highest BCUT2D eigenvalue weighted by Gasteiger charge is 2.27. The van der Waals surface area contributed by atoms with E-state index in [1.54, 1.807) is 30.3 Å². The van der Waals surface area contributed by atoms with Gasteiger partial charge in [0.05, 0.1) is 0 Å². The molecule has 4 rings (SSSR count). The number of fused-ring (bicyclic) bond motifs is 1. The Hall–Kier alpha value is -3.22. The van der Waals surface area contributed by atoms with Crippen LogP contribution in [0.2, 0.25) is 0 Å². The van der Waals surface area contributed by atoms with Crippen molar-refractivity contribution < 1.29 is 18.4 Å². The van der Waals surface area contributed by atoms with Gasteiger partial charge in [-0.2, -0.15) is 0 Å². The van der Waals surface area contributed by atoms with Crippen LogP contribution >= 0.6 is 0 Å². The molecule has 1 atom stereocenters. The number of oxazole rings is 1. The van der Waals surface area contributed by atoms with E-state index in [9.17, 15) is 14.0 Å². The first kappa shape index (κ1) is 15.3. The lowest BCUT2D eigenvalue weighted by molar-refractivity contribution is -0.122. The average molecular weight is 339 g/mol. The van der Waals surface area contributed by atoms with E-state index in [2.05, 4.69) is 15.6 Å². The summed E-state index contributed by atoms with van der Waals surface area (Å²) in [6, 6.07) is 10.5. The summed E-state index contributed by atoms with van der Waals surface area (Å²) in [6.45, 7) is 0. The predicted molar refractivity (Wildman–Crippen MR) is 89.2 cm³/mol. The van der Waals surface area contributed by atoms with Crippen LogP contribution in [0.4, 0.5) is 10.1 Å². The number of benzene rings is 2. The molecule has 2 amide bonds. The van der Waals surface area contributed by atoms with Crippen molar-refractivity contribution in [3.05, 3.63) is 48.3 Å². The quantitative estimate of drug-likeness (QED) is 0.768. The van der Waals surface area contributed by atoms with Crippen molar-refractivity contribution >= 4 is 28.6 Å². The minimum absolute atomic E-state index is 0.116. The van der Waals surface area contributed by atoms with E-state index < -0.39 is 6.04 Å². The zero-order valence-corrected chi connectivity index (χ0v) is 13.1. The molecule has 2 heterocycles. The fourth-order valence-corrected chi connectivity index (χ4v) is 2.76. The maximum absolute atomic E-state index is 13.0. The molecule has 0 aliphatic carbocycles. The van der Waals surface area contributed by atoms with E-state index in [1.807, 2.05) is 0 Å². The Bertz CT molecular complexity index is 965. The van der Waals surface area contributed by atoms with Crippen LogP contribution < -0.4 is 10.6 Å². The molecule has 3 aromatic rings. The first-order chi connectivity index (χ1) is 12.1. The van der Waals surface area contributed by atoms with Crippen LogP contribution in [0, 0.1) is 5.82 Å². The van der Waals surface area contributed by atoms with Gasteiger partial charge in [-0.3, -0.25) is 9.59 Å². The van der Waals surface area contributed by atoms with E-state index in [-0.39, 0.29) is 17.6 Å². The van der Waals surface area contributed by atoms with Crippen LogP contribution in [0.1, 0.15) is 12.8 Å². The van der Waals surface area contributed by atoms with Crippen molar-refractivity contribution in [2.24, 2.45) is 0 Å². The first-order valence-corrected chi connectivity index (χ1v) is 7.85.